The lowest BCUT2D eigenvalue weighted by Gasteiger charge is -2.36. The molecule has 3 heteroatoms. The van der Waals surface area contributed by atoms with Crippen molar-refractivity contribution in [3.05, 3.63) is 24.3 Å². The van der Waals surface area contributed by atoms with E-state index in [2.05, 4.69) is 60.4 Å². The molecular formula is C14H23N3. The van der Waals surface area contributed by atoms with Crippen molar-refractivity contribution in [3.8, 4) is 0 Å². The molecule has 2 rings (SSSR count). The second-order valence-corrected chi connectivity index (χ2v) is 4.89. The minimum Gasteiger partial charge on any atom is -0.376 e. The van der Waals surface area contributed by atoms with Gasteiger partial charge in [0.25, 0.3) is 0 Å². The molecule has 0 saturated carbocycles. The minimum atomic E-state index is 0.624. The van der Waals surface area contributed by atoms with Crippen molar-refractivity contribution in [2.24, 2.45) is 0 Å². The Balaban J connectivity index is 2.21. The fraction of sp³-hybridized carbons (Fsp3) is 0.571. The van der Waals surface area contributed by atoms with Crippen LogP contribution in [-0.4, -0.2) is 39.8 Å². The maximum absolute atomic E-state index is 3.56. The molecule has 94 valence electrons. The summed E-state index contributed by atoms with van der Waals surface area (Å²) in [5.41, 5.74) is 2.67. The number of rotatable bonds is 3. The smallest absolute Gasteiger partial charge is 0.0604 e. The summed E-state index contributed by atoms with van der Waals surface area (Å²) in [4.78, 5) is 4.69. The van der Waals surface area contributed by atoms with Gasteiger partial charge in [0, 0.05) is 39.8 Å². The van der Waals surface area contributed by atoms with E-state index in [1.54, 1.807) is 0 Å². The van der Waals surface area contributed by atoms with E-state index in [9.17, 15) is 0 Å². The van der Waals surface area contributed by atoms with Crippen molar-refractivity contribution in [2.75, 3.05) is 43.5 Å². The van der Waals surface area contributed by atoms with Crippen LogP contribution >= 0.6 is 0 Å². The van der Waals surface area contributed by atoms with E-state index >= 15 is 0 Å². The van der Waals surface area contributed by atoms with Crippen molar-refractivity contribution in [1.29, 1.82) is 0 Å². The number of benzene rings is 1. The fourth-order valence-electron chi connectivity index (χ4n) is 2.43. The molecule has 1 saturated heterocycles. The molecule has 1 fully saturated rings. The second kappa shape index (κ2) is 5.41. The molecule has 1 heterocycles. The van der Waals surface area contributed by atoms with E-state index < -0.39 is 0 Å². The van der Waals surface area contributed by atoms with Crippen molar-refractivity contribution < 1.29 is 0 Å². The average molecular weight is 233 g/mol. The molecule has 0 radical (unpaired) electrons. The number of hydrogen-bond acceptors (Lipinski definition) is 3. The summed E-state index contributed by atoms with van der Waals surface area (Å²) in [7, 11) is 4.22. The molecule has 3 nitrogen and oxygen atoms in total. The first-order valence-electron chi connectivity index (χ1n) is 6.47. The first-order chi connectivity index (χ1) is 8.22. The SMILES string of the molecule is CCC1CN(c2ccccc2N(C)C)CCN1. The van der Waals surface area contributed by atoms with Gasteiger partial charge in [-0.25, -0.2) is 0 Å². The van der Waals surface area contributed by atoms with Gasteiger partial charge >= 0.3 is 0 Å². The van der Waals surface area contributed by atoms with Gasteiger partial charge in [0.2, 0.25) is 0 Å². The number of anilines is 2. The van der Waals surface area contributed by atoms with Crippen LogP contribution in [0.5, 0.6) is 0 Å². The van der Waals surface area contributed by atoms with Crippen molar-refractivity contribution in [1.82, 2.24) is 5.32 Å². The Labute approximate surface area is 104 Å². The summed E-state index contributed by atoms with van der Waals surface area (Å²) in [6, 6.07) is 9.29. The zero-order valence-corrected chi connectivity index (χ0v) is 11.1. The Morgan fingerprint density at radius 3 is 2.82 bits per heavy atom. The fourth-order valence-corrected chi connectivity index (χ4v) is 2.43. The predicted octanol–water partition coefficient (Wildman–Crippen LogP) is 1.94. The zero-order chi connectivity index (χ0) is 12.3. The molecule has 1 aromatic carbocycles. The van der Waals surface area contributed by atoms with E-state index in [0.29, 0.717) is 6.04 Å². The van der Waals surface area contributed by atoms with E-state index in [4.69, 9.17) is 0 Å². The van der Waals surface area contributed by atoms with Crippen LogP contribution in [0.1, 0.15) is 13.3 Å². The molecule has 0 aliphatic carbocycles. The zero-order valence-electron chi connectivity index (χ0n) is 11.1. The van der Waals surface area contributed by atoms with Gasteiger partial charge in [0.1, 0.15) is 0 Å². The van der Waals surface area contributed by atoms with Gasteiger partial charge in [-0.15, -0.1) is 0 Å². The van der Waals surface area contributed by atoms with Gasteiger partial charge in [-0.3, -0.25) is 0 Å². The van der Waals surface area contributed by atoms with Crippen LogP contribution in [-0.2, 0) is 0 Å². The third-order valence-corrected chi connectivity index (χ3v) is 3.45. The summed E-state index contributed by atoms with van der Waals surface area (Å²) in [5.74, 6) is 0. The highest BCUT2D eigenvalue weighted by atomic mass is 15.2. The normalized spacial score (nSPS) is 20.4. The van der Waals surface area contributed by atoms with Crippen LogP contribution in [0.3, 0.4) is 0 Å². The number of para-hydroxylation sites is 2. The van der Waals surface area contributed by atoms with Gasteiger partial charge in [0.15, 0.2) is 0 Å². The Morgan fingerprint density at radius 2 is 2.12 bits per heavy atom. The highest BCUT2D eigenvalue weighted by Gasteiger charge is 2.20. The molecule has 1 aliphatic heterocycles. The van der Waals surface area contributed by atoms with E-state index in [1.807, 2.05) is 0 Å². The highest BCUT2D eigenvalue weighted by molar-refractivity contribution is 5.71. The topological polar surface area (TPSA) is 18.5 Å². The van der Waals surface area contributed by atoms with Crippen LogP contribution in [0, 0.1) is 0 Å². The Kier molecular flexibility index (Phi) is 3.89. The number of nitrogens with zero attached hydrogens (tertiary/aromatic N) is 2. The summed E-state index contributed by atoms with van der Waals surface area (Å²) >= 11 is 0. The Bertz CT molecular complexity index is 362. The van der Waals surface area contributed by atoms with Gasteiger partial charge < -0.3 is 15.1 Å². The molecule has 0 spiro atoms. The largest absolute Gasteiger partial charge is 0.376 e. The quantitative estimate of drug-likeness (QED) is 0.861. The molecule has 1 aliphatic rings. The van der Waals surface area contributed by atoms with Gasteiger partial charge in [-0.1, -0.05) is 19.1 Å². The van der Waals surface area contributed by atoms with Crippen LogP contribution < -0.4 is 15.1 Å². The number of hydrogen-bond donors (Lipinski definition) is 1. The molecule has 0 bridgehead atoms. The first kappa shape index (κ1) is 12.2. The third kappa shape index (κ3) is 2.72. The molecule has 1 N–H and O–H groups in total. The van der Waals surface area contributed by atoms with Crippen LogP contribution in [0.2, 0.25) is 0 Å². The molecular weight excluding hydrogens is 210 g/mol. The van der Waals surface area contributed by atoms with Crippen molar-refractivity contribution >= 4 is 11.4 Å². The molecule has 1 aromatic rings. The van der Waals surface area contributed by atoms with Gasteiger partial charge in [-0.05, 0) is 18.6 Å². The molecule has 1 atom stereocenters. The third-order valence-electron chi connectivity index (χ3n) is 3.45. The summed E-state index contributed by atoms with van der Waals surface area (Å²) in [6.07, 6.45) is 1.20. The molecule has 0 aromatic heterocycles. The predicted molar refractivity (Wildman–Crippen MR) is 75.1 cm³/mol. The molecule has 1 unspecified atom stereocenters. The minimum absolute atomic E-state index is 0.624. The molecule has 0 amide bonds. The lowest BCUT2D eigenvalue weighted by Crippen LogP contribution is -2.50. The van der Waals surface area contributed by atoms with Gasteiger partial charge in [0.05, 0.1) is 11.4 Å². The van der Waals surface area contributed by atoms with Crippen LogP contribution in [0.4, 0.5) is 11.4 Å². The van der Waals surface area contributed by atoms with E-state index in [0.717, 1.165) is 19.6 Å². The Hall–Kier alpha value is -1.22. The monoisotopic (exact) mass is 233 g/mol. The summed E-state index contributed by atoms with van der Waals surface area (Å²) < 4.78 is 0. The molecule has 17 heavy (non-hydrogen) atoms. The lowest BCUT2D eigenvalue weighted by atomic mass is 10.1. The standard InChI is InChI=1S/C14H23N3/c1-4-12-11-17(10-9-15-12)14-8-6-5-7-13(14)16(2)3/h5-8,12,15H,4,9-11H2,1-3H3. The van der Waals surface area contributed by atoms with Crippen LogP contribution in [0.15, 0.2) is 24.3 Å². The highest BCUT2D eigenvalue weighted by Crippen LogP contribution is 2.28. The summed E-state index contributed by atoms with van der Waals surface area (Å²) in [6.45, 7) is 5.54. The maximum Gasteiger partial charge on any atom is 0.0604 e. The summed E-state index contributed by atoms with van der Waals surface area (Å²) in [5, 5.41) is 3.56. The van der Waals surface area contributed by atoms with E-state index in [-0.39, 0.29) is 0 Å². The lowest BCUT2D eigenvalue weighted by molar-refractivity contribution is 0.447. The average Bonchev–Trinajstić information content (AvgIpc) is 2.39. The Morgan fingerprint density at radius 1 is 1.35 bits per heavy atom. The number of nitrogens with one attached hydrogen (secondary N) is 1. The van der Waals surface area contributed by atoms with Crippen LogP contribution in [0.25, 0.3) is 0 Å². The second-order valence-electron chi connectivity index (χ2n) is 4.89. The van der Waals surface area contributed by atoms with Crippen molar-refractivity contribution in [3.63, 3.8) is 0 Å². The number of piperazine rings is 1. The first-order valence-corrected chi connectivity index (χ1v) is 6.47. The van der Waals surface area contributed by atoms with Crippen molar-refractivity contribution in [2.45, 2.75) is 19.4 Å². The maximum atomic E-state index is 3.56. The van der Waals surface area contributed by atoms with E-state index in [1.165, 1.54) is 17.8 Å². The van der Waals surface area contributed by atoms with Gasteiger partial charge in [-0.2, -0.15) is 0 Å².